The van der Waals surface area contributed by atoms with Crippen molar-refractivity contribution in [2.75, 3.05) is 13.1 Å². The minimum atomic E-state index is -1.07. The molecular formula is C31H34F2N4O4. The second-order valence-corrected chi connectivity index (χ2v) is 10.8. The fourth-order valence-electron chi connectivity index (χ4n) is 5.54. The maximum absolute atomic E-state index is 14.0. The molecule has 2 fully saturated rings. The first-order chi connectivity index (χ1) is 19.8. The third-order valence-corrected chi connectivity index (χ3v) is 7.66. The molecule has 10 heteroatoms. The summed E-state index contributed by atoms with van der Waals surface area (Å²) in [5, 5.41) is 17.6. The van der Waals surface area contributed by atoms with E-state index in [0.29, 0.717) is 31.7 Å². The lowest BCUT2D eigenvalue weighted by Crippen LogP contribution is -2.53. The summed E-state index contributed by atoms with van der Waals surface area (Å²) in [6.07, 6.45) is 2.66. The average molecular weight is 565 g/mol. The van der Waals surface area contributed by atoms with Crippen LogP contribution in [0.15, 0.2) is 73.1 Å². The highest BCUT2D eigenvalue weighted by Crippen LogP contribution is 2.23. The van der Waals surface area contributed by atoms with Gasteiger partial charge in [-0.3, -0.25) is 14.6 Å². The summed E-state index contributed by atoms with van der Waals surface area (Å²) in [5.41, 5.74) is 2.21. The fraction of sp³-hybridized carbons (Fsp3) is 0.387. The van der Waals surface area contributed by atoms with E-state index in [1.165, 1.54) is 12.1 Å². The lowest BCUT2D eigenvalue weighted by Gasteiger charge is -2.29. The molecule has 3 aromatic rings. The number of nitrogens with one attached hydrogen (secondary N) is 2. The van der Waals surface area contributed by atoms with Gasteiger partial charge in [-0.05, 0) is 47.7 Å². The quantitative estimate of drug-likeness (QED) is 0.331. The van der Waals surface area contributed by atoms with E-state index in [-0.39, 0.29) is 37.3 Å². The minimum absolute atomic E-state index is 0.00930. The maximum Gasteiger partial charge on any atom is 0.225 e. The van der Waals surface area contributed by atoms with Crippen LogP contribution in [-0.2, 0) is 33.9 Å². The Labute approximate surface area is 237 Å². The molecule has 0 spiro atoms. The van der Waals surface area contributed by atoms with Gasteiger partial charge >= 0.3 is 0 Å². The van der Waals surface area contributed by atoms with Crippen LogP contribution in [0.1, 0.15) is 29.5 Å². The minimum Gasteiger partial charge on any atom is -0.389 e. The molecule has 3 heterocycles. The second kappa shape index (κ2) is 13.3. The molecule has 0 aliphatic carbocycles. The molecule has 3 N–H and O–H groups in total. The number of rotatable bonds is 11. The molecule has 2 saturated heterocycles. The van der Waals surface area contributed by atoms with Crippen molar-refractivity contribution >= 4 is 11.8 Å². The number of aromatic nitrogens is 1. The molecular weight excluding hydrogens is 530 g/mol. The number of aliphatic hydroxyl groups excluding tert-OH is 1. The lowest BCUT2D eigenvalue weighted by molar-refractivity contribution is -0.129. The number of nitrogens with zero attached hydrogens (tertiary/aromatic N) is 2. The van der Waals surface area contributed by atoms with Crippen molar-refractivity contribution in [1.82, 2.24) is 20.5 Å². The molecule has 1 aromatic heterocycles. The zero-order valence-electron chi connectivity index (χ0n) is 22.6. The highest BCUT2D eigenvalue weighted by atomic mass is 19.1. The van der Waals surface area contributed by atoms with Crippen LogP contribution in [0.3, 0.4) is 0 Å². The molecule has 2 aromatic carbocycles. The first-order valence-electron chi connectivity index (χ1n) is 13.8. The Bertz CT molecular complexity index is 1310. The van der Waals surface area contributed by atoms with E-state index in [4.69, 9.17) is 4.74 Å². The van der Waals surface area contributed by atoms with Crippen LogP contribution in [0.4, 0.5) is 8.78 Å². The van der Waals surface area contributed by atoms with Gasteiger partial charge in [-0.2, -0.15) is 0 Å². The third-order valence-electron chi connectivity index (χ3n) is 7.66. The number of hydrogen-bond acceptors (Lipinski definition) is 6. The summed E-state index contributed by atoms with van der Waals surface area (Å²) in [6.45, 7) is 1.53. The van der Waals surface area contributed by atoms with Crippen LogP contribution >= 0.6 is 0 Å². The Morgan fingerprint density at radius 3 is 2.59 bits per heavy atom. The number of halogens is 2. The molecule has 8 nitrogen and oxygen atoms in total. The Morgan fingerprint density at radius 1 is 1.10 bits per heavy atom. The Kier molecular flexibility index (Phi) is 9.33. The van der Waals surface area contributed by atoms with E-state index < -0.39 is 35.7 Å². The maximum atomic E-state index is 14.0. The molecule has 5 rings (SSSR count). The zero-order valence-corrected chi connectivity index (χ0v) is 22.6. The number of hydrogen-bond donors (Lipinski definition) is 3. The predicted octanol–water partition coefficient (Wildman–Crippen LogP) is 2.74. The number of pyridine rings is 1. The fourth-order valence-corrected chi connectivity index (χ4v) is 5.54. The zero-order chi connectivity index (χ0) is 28.8. The van der Waals surface area contributed by atoms with Gasteiger partial charge in [-0.25, -0.2) is 8.78 Å². The molecule has 216 valence electrons. The number of likely N-dealkylation sites (tertiary alicyclic amines) is 1. The number of benzene rings is 2. The Morgan fingerprint density at radius 2 is 1.85 bits per heavy atom. The van der Waals surface area contributed by atoms with Crippen molar-refractivity contribution in [3.05, 3.63) is 101 Å². The van der Waals surface area contributed by atoms with Crippen LogP contribution in [0.2, 0.25) is 0 Å². The van der Waals surface area contributed by atoms with E-state index in [9.17, 15) is 23.5 Å². The molecule has 41 heavy (non-hydrogen) atoms. The number of aliphatic hydroxyl groups is 1. The van der Waals surface area contributed by atoms with Crippen molar-refractivity contribution in [2.24, 2.45) is 5.92 Å². The van der Waals surface area contributed by atoms with Crippen molar-refractivity contribution in [2.45, 2.75) is 56.7 Å². The summed E-state index contributed by atoms with van der Waals surface area (Å²) < 4.78 is 34.0. The van der Waals surface area contributed by atoms with Crippen LogP contribution in [0, 0.1) is 17.6 Å². The number of ether oxygens (including phenoxy) is 1. The van der Waals surface area contributed by atoms with Gasteiger partial charge in [0.05, 0.1) is 30.8 Å². The van der Waals surface area contributed by atoms with Crippen molar-refractivity contribution < 1.29 is 28.2 Å². The van der Waals surface area contributed by atoms with Crippen molar-refractivity contribution in [3.63, 3.8) is 0 Å². The van der Waals surface area contributed by atoms with Crippen molar-refractivity contribution in [1.29, 1.82) is 0 Å². The van der Waals surface area contributed by atoms with Crippen LogP contribution < -0.4 is 10.6 Å². The molecule has 0 radical (unpaired) electrons. The number of carbonyl (C=O) groups is 2. The molecule has 5 atom stereocenters. The van der Waals surface area contributed by atoms with Crippen molar-refractivity contribution in [3.8, 4) is 0 Å². The van der Waals surface area contributed by atoms with E-state index >= 15 is 0 Å². The van der Waals surface area contributed by atoms with Gasteiger partial charge in [0.15, 0.2) is 0 Å². The highest BCUT2D eigenvalue weighted by Gasteiger charge is 2.39. The van der Waals surface area contributed by atoms with E-state index in [2.05, 4.69) is 15.6 Å². The first kappa shape index (κ1) is 28.8. The van der Waals surface area contributed by atoms with Crippen LogP contribution in [-0.4, -0.2) is 64.2 Å². The van der Waals surface area contributed by atoms with Crippen LogP contribution in [0.25, 0.3) is 0 Å². The predicted molar refractivity (Wildman–Crippen MR) is 147 cm³/mol. The molecule has 2 aliphatic heterocycles. The van der Waals surface area contributed by atoms with Gasteiger partial charge in [0.1, 0.15) is 11.6 Å². The van der Waals surface area contributed by atoms with E-state index in [1.807, 2.05) is 36.4 Å². The smallest absolute Gasteiger partial charge is 0.225 e. The summed E-state index contributed by atoms with van der Waals surface area (Å²) >= 11 is 0. The van der Waals surface area contributed by atoms with Gasteiger partial charge in [0, 0.05) is 50.6 Å². The van der Waals surface area contributed by atoms with Gasteiger partial charge in [0.2, 0.25) is 11.8 Å². The van der Waals surface area contributed by atoms with Crippen LogP contribution in [0.5, 0.6) is 0 Å². The van der Waals surface area contributed by atoms with Gasteiger partial charge in [-0.15, -0.1) is 0 Å². The SMILES string of the molecule is O=C(N[C@@H](Cc1cc(F)cc(F)c1)[C@H](O)[C@H]1C[C@@H](OCc2ccccc2)CN1)C1CC(=O)N(Cc2cccnc2)C1. The summed E-state index contributed by atoms with van der Waals surface area (Å²) in [5.74, 6) is -2.62. The third kappa shape index (κ3) is 7.72. The van der Waals surface area contributed by atoms with Gasteiger partial charge in [-0.1, -0.05) is 36.4 Å². The molecule has 0 saturated carbocycles. The summed E-state index contributed by atoms with van der Waals surface area (Å²) in [6, 6.07) is 15.3. The highest BCUT2D eigenvalue weighted by molar-refractivity contribution is 5.89. The summed E-state index contributed by atoms with van der Waals surface area (Å²) in [4.78, 5) is 31.7. The second-order valence-electron chi connectivity index (χ2n) is 10.8. The molecule has 2 aliphatic rings. The lowest BCUT2D eigenvalue weighted by atomic mass is 9.94. The van der Waals surface area contributed by atoms with E-state index in [0.717, 1.165) is 17.2 Å². The molecule has 1 unspecified atom stereocenters. The normalized spacial score (nSPS) is 22.1. The van der Waals surface area contributed by atoms with Gasteiger partial charge in [0.25, 0.3) is 0 Å². The molecule has 0 bridgehead atoms. The number of amides is 2. The monoisotopic (exact) mass is 564 g/mol. The van der Waals surface area contributed by atoms with E-state index in [1.54, 1.807) is 23.4 Å². The molecule has 2 amide bonds. The Hall–Kier alpha value is -3.73. The largest absolute Gasteiger partial charge is 0.389 e. The first-order valence-corrected chi connectivity index (χ1v) is 13.8. The summed E-state index contributed by atoms with van der Waals surface area (Å²) in [7, 11) is 0. The standard InChI is InChI=1S/C31H34F2N4O4/c32-24-9-22(10-25(33)13-24)11-28(30(39)27-14-26(16-35-27)41-19-20-5-2-1-3-6-20)36-31(40)23-12-29(38)37(18-23)17-21-7-4-8-34-15-21/h1-10,13,15,23,26-28,30,35,39H,11-12,14,16-19H2,(H,36,40)/t23?,26-,27-,28+,30-/m1/s1. The van der Waals surface area contributed by atoms with Gasteiger partial charge < -0.3 is 25.4 Å². The topological polar surface area (TPSA) is 104 Å². The average Bonchev–Trinajstić information content (AvgIpc) is 3.58. The number of carbonyl (C=O) groups excluding carboxylic acids is 2. The Balaban J connectivity index is 1.24.